The molecule has 44 heavy (non-hydrogen) atoms. The number of ether oxygens (including phenoxy) is 1. The summed E-state index contributed by atoms with van der Waals surface area (Å²) in [6.07, 6.45) is 49.9. The molecule has 0 spiro atoms. The van der Waals surface area contributed by atoms with Crippen molar-refractivity contribution in [2.75, 3.05) is 0 Å². The molecule has 0 heterocycles. The van der Waals surface area contributed by atoms with E-state index >= 15 is 0 Å². The molecule has 3 nitrogen and oxygen atoms in total. The number of carboxylic acid groups (broad SMARTS) is 1. The molecule has 0 aromatic rings. The van der Waals surface area contributed by atoms with Gasteiger partial charge < -0.3 is 9.84 Å². The van der Waals surface area contributed by atoms with Crippen molar-refractivity contribution < 1.29 is 14.6 Å². The molecule has 3 heteroatoms. The van der Waals surface area contributed by atoms with Gasteiger partial charge in [0.05, 0.1) is 0 Å². The second-order valence-electron chi connectivity index (χ2n) is 13.9. The van der Waals surface area contributed by atoms with Gasteiger partial charge in [-0.3, -0.25) is 0 Å². The quantitative estimate of drug-likeness (QED) is 0.0427. The van der Waals surface area contributed by atoms with Gasteiger partial charge in [-0.1, -0.05) is 199 Å². The Labute approximate surface area is 277 Å². The van der Waals surface area contributed by atoms with Crippen LogP contribution in [0.5, 0.6) is 0 Å². The normalized spacial score (nSPS) is 12.3. The van der Waals surface area contributed by atoms with Crippen molar-refractivity contribution in [2.45, 2.75) is 245 Å². The Kier molecular flexibility index (Phi) is 37.3. The van der Waals surface area contributed by atoms with Crippen LogP contribution in [0.3, 0.4) is 0 Å². The van der Waals surface area contributed by atoms with Crippen molar-refractivity contribution >= 4 is 6.16 Å². The summed E-state index contributed by atoms with van der Waals surface area (Å²) in [4.78, 5) is 11.2. The molecule has 0 rings (SSSR count). The minimum Gasteiger partial charge on any atom is -0.450 e. The lowest BCUT2D eigenvalue weighted by Gasteiger charge is -2.16. The Hall–Kier alpha value is -0.990. The van der Waals surface area contributed by atoms with E-state index in [9.17, 15) is 4.79 Å². The van der Waals surface area contributed by atoms with E-state index in [0.717, 1.165) is 25.7 Å². The largest absolute Gasteiger partial charge is 0.506 e. The first-order valence-electron chi connectivity index (χ1n) is 20.2. The fourth-order valence-electron chi connectivity index (χ4n) is 6.47. The Bertz CT molecular complexity index is 572. The molecule has 0 aliphatic heterocycles. The van der Waals surface area contributed by atoms with Crippen LogP contribution >= 0.6 is 0 Å². The SMILES string of the molecule is CCCCCCCC/C=C\CCCCCCCC(CCCCCCCCCCCCCCCCCCCCCC)OC(=O)O. The van der Waals surface area contributed by atoms with Crippen molar-refractivity contribution in [1.82, 2.24) is 0 Å². The minimum atomic E-state index is -1.10. The average molecular weight is 621 g/mol. The van der Waals surface area contributed by atoms with Crippen LogP contribution in [0, 0.1) is 0 Å². The number of allylic oxidation sites excluding steroid dienone is 2. The van der Waals surface area contributed by atoms with Crippen LogP contribution < -0.4 is 0 Å². The fraction of sp³-hybridized carbons (Fsp3) is 0.927. The van der Waals surface area contributed by atoms with E-state index in [2.05, 4.69) is 26.0 Å². The van der Waals surface area contributed by atoms with Gasteiger partial charge in [-0.2, -0.15) is 0 Å². The molecule has 262 valence electrons. The molecule has 0 aliphatic carbocycles. The fourth-order valence-corrected chi connectivity index (χ4v) is 6.47. The minimum absolute atomic E-state index is 0.104. The highest BCUT2D eigenvalue weighted by atomic mass is 16.7. The van der Waals surface area contributed by atoms with Gasteiger partial charge in [0.1, 0.15) is 6.10 Å². The van der Waals surface area contributed by atoms with Crippen LogP contribution in [-0.4, -0.2) is 17.4 Å². The van der Waals surface area contributed by atoms with E-state index in [0.29, 0.717) is 0 Å². The standard InChI is InChI=1S/C41H80O3/c1-3-5-7-9-11-13-15-17-19-20-21-22-23-25-27-29-31-33-35-37-39-40(44-41(42)43)38-36-34-32-30-28-26-24-18-16-14-12-10-8-6-4-2/h18,24,40H,3-17,19-23,25-39H2,1-2H3,(H,42,43)/b24-18-. The Morgan fingerprint density at radius 1 is 0.432 bits per heavy atom. The highest BCUT2D eigenvalue weighted by Gasteiger charge is 2.13. The second kappa shape index (κ2) is 38.2. The first kappa shape index (κ1) is 43.0. The van der Waals surface area contributed by atoms with Gasteiger partial charge in [-0.25, -0.2) is 4.79 Å². The van der Waals surface area contributed by atoms with Crippen molar-refractivity contribution in [1.29, 1.82) is 0 Å². The smallest absolute Gasteiger partial charge is 0.450 e. The molecular weight excluding hydrogens is 540 g/mol. The van der Waals surface area contributed by atoms with Crippen molar-refractivity contribution in [3.63, 3.8) is 0 Å². The first-order chi connectivity index (χ1) is 21.7. The summed E-state index contributed by atoms with van der Waals surface area (Å²) in [5.41, 5.74) is 0. The van der Waals surface area contributed by atoms with Crippen LogP contribution in [0.4, 0.5) is 4.79 Å². The summed E-state index contributed by atoms with van der Waals surface area (Å²) in [6, 6.07) is 0. The zero-order chi connectivity index (χ0) is 32.0. The van der Waals surface area contributed by atoms with Gasteiger partial charge in [-0.15, -0.1) is 0 Å². The highest BCUT2D eigenvalue weighted by molar-refractivity contribution is 5.57. The van der Waals surface area contributed by atoms with E-state index in [1.54, 1.807) is 0 Å². The summed E-state index contributed by atoms with van der Waals surface area (Å²) in [5, 5.41) is 9.15. The molecule has 1 unspecified atom stereocenters. The number of carbonyl (C=O) groups is 1. The van der Waals surface area contributed by atoms with Gasteiger partial charge in [0.2, 0.25) is 0 Å². The monoisotopic (exact) mass is 621 g/mol. The Balaban J connectivity index is 3.48. The van der Waals surface area contributed by atoms with Crippen LogP contribution in [0.2, 0.25) is 0 Å². The van der Waals surface area contributed by atoms with Crippen LogP contribution in [-0.2, 0) is 4.74 Å². The molecule has 1 atom stereocenters. The van der Waals surface area contributed by atoms with Crippen LogP contribution in [0.25, 0.3) is 0 Å². The molecule has 0 radical (unpaired) electrons. The molecule has 0 amide bonds. The molecule has 0 saturated carbocycles. The summed E-state index contributed by atoms with van der Waals surface area (Å²) < 4.78 is 5.22. The maximum absolute atomic E-state index is 11.2. The van der Waals surface area contributed by atoms with Gasteiger partial charge in [0.15, 0.2) is 0 Å². The molecular formula is C41H80O3. The zero-order valence-corrected chi connectivity index (χ0v) is 30.2. The third-order valence-corrected chi connectivity index (χ3v) is 9.44. The number of unbranched alkanes of at least 4 members (excludes halogenated alkanes) is 30. The summed E-state index contributed by atoms with van der Waals surface area (Å²) in [5.74, 6) is 0. The lowest BCUT2D eigenvalue weighted by molar-refractivity contribution is 0.0422. The molecule has 0 aromatic heterocycles. The molecule has 0 bridgehead atoms. The van der Waals surface area contributed by atoms with Crippen molar-refractivity contribution in [3.8, 4) is 0 Å². The lowest BCUT2D eigenvalue weighted by atomic mass is 10.0. The van der Waals surface area contributed by atoms with E-state index in [1.807, 2.05) is 0 Å². The number of rotatable bonds is 37. The third-order valence-electron chi connectivity index (χ3n) is 9.44. The van der Waals surface area contributed by atoms with E-state index in [-0.39, 0.29) is 6.10 Å². The molecule has 0 saturated heterocycles. The maximum Gasteiger partial charge on any atom is 0.506 e. The predicted octanol–water partition coefficient (Wildman–Crippen LogP) is 15.3. The zero-order valence-electron chi connectivity index (χ0n) is 30.2. The molecule has 0 aliphatic rings. The van der Waals surface area contributed by atoms with Gasteiger partial charge in [0, 0.05) is 0 Å². The lowest BCUT2D eigenvalue weighted by Crippen LogP contribution is -2.16. The summed E-state index contributed by atoms with van der Waals surface area (Å²) in [7, 11) is 0. The van der Waals surface area contributed by atoms with Crippen molar-refractivity contribution in [3.05, 3.63) is 12.2 Å². The number of hydrogen-bond donors (Lipinski definition) is 1. The molecule has 1 N–H and O–H groups in total. The van der Waals surface area contributed by atoms with E-state index in [1.165, 1.54) is 199 Å². The summed E-state index contributed by atoms with van der Waals surface area (Å²) >= 11 is 0. The topological polar surface area (TPSA) is 46.5 Å². The Morgan fingerprint density at radius 2 is 0.682 bits per heavy atom. The molecule has 0 fully saturated rings. The average Bonchev–Trinajstić information content (AvgIpc) is 3.01. The third kappa shape index (κ3) is 37.2. The van der Waals surface area contributed by atoms with E-state index < -0.39 is 6.16 Å². The van der Waals surface area contributed by atoms with Gasteiger partial charge in [0.25, 0.3) is 0 Å². The van der Waals surface area contributed by atoms with E-state index in [4.69, 9.17) is 9.84 Å². The van der Waals surface area contributed by atoms with Gasteiger partial charge >= 0.3 is 6.16 Å². The predicted molar refractivity (Wildman–Crippen MR) is 195 cm³/mol. The second-order valence-corrected chi connectivity index (χ2v) is 13.9. The maximum atomic E-state index is 11.2. The van der Waals surface area contributed by atoms with Gasteiger partial charge in [-0.05, 0) is 51.4 Å². The Morgan fingerprint density at radius 3 is 0.955 bits per heavy atom. The van der Waals surface area contributed by atoms with Crippen molar-refractivity contribution in [2.24, 2.45) is 0 Å². The number of hydrogen-bond acceptors (Lipinski definition) is 2. The van der Waals surface area contributed by atoms with Crippen LogP contribution in [0.1, 0.15) is 239 Å². The highest BCUT2D eigenvalue weighted by Crippen LogP contribution is 2.18. The van der Waals surface area contributed by atoms with Crippen LogP contribution in [0.15, 0.2) is 12.2 Å². The summed E-state index contributed by atoms with van der Waals surface area (Å²) in [6.45, 7) is 4.57. The molecule has 0 aromatic carbocycles. The first-order valence-corrected chi connectivity index (χ1v) is 20.2.